The zero-order valence-corrected chi connectivity index (χ0v) is 15.4. The van der Waals surface area contributed by atoms with Crippen molar-refractivity contribution in [2.24, 2.45) is 5.92 Å². The molecule has 4 nitrogen and oxygen atoms in total. The number of hydrogen-bond donors (Lipinski definition) is 1. The lowest BCUT2D eigenvalue weighted by Crippen LogP contribution is -2.38. The summed E-state index contributed by atoms with van der Waals surface area (Å²) in [4.78, 5) is 25.3. The standard InChI is InChI=1S/C19H17BrF2N2O2/c20-17-16(6-5-15(21)18(17)22)23-19(26)13-7-9-24(10-8-13)14-3-1-12(11-25)2-4-14/h1-6,11,13H,7-10H2,(H,23,26). The van der Waals surface area contributed by atoms with Crippen LogP contribution in [-0.2, 0) is 4.79 Å². The fraction of sp³-hybridized carbons (Fsp3) is 0.263. The van der Waals surface area contributed by atoms with Gasteiger partial charge in [-0.1, -0.05) is 0 Å². The number of amides is 1. The smallest absolute Gasteiger partial charge is 0.227 e. The van der Waals surface area contributed by atoms with Gasteiger partial charge in [-0.2, -0.15) is 0 Å². The number of piperidine rings is 1. The van der Waals surface area contributed by atoms with Gasteiger partial charge in [0.05, 0.1) is 10.2 Å². The fourth-order valence-corrected chi connectivity index (χ4v) is 3.44. The van der Waals surface area contributed by atoms with Gasteiger partial charge in [0.15, 0.2) is 11.6 Å². The molecule has 7 heteroatoms. The summed E-state index contributed by atoms with van der Waals surface area (Å²) in [6.45, 7) is 1.41. The van der Waals surface area contributed by atoms with E-state index in [0.29, 0.717) is 31.5 Å². The van der Waals surface area contributed by atoms with Crippen molar-refractivity contribution in [1.82, 2.24) is 0 Å². The molecule has 3 rings (SSSR count). The van der Waals surface area contributed by atoms with Gasteiger partial charge in [-0.3, -0.25) is 9.59 Å². The van der Waals surface area contributed by atoms with Gasteiger partial charge < -0.3 is 10.2 Å². The maximum Gasteiger partial charge on any atom is 0.227 e. The van der Waals surface area contributed by atoms with Crippen LogP contribution < -0.4 is 10.2 Å². The Morgan fingerprint density at radius 3 is 2.38 bits per heavy atom. The van der Waals surface area contributed by atoms with Gasteiger partial charge in [0, 0.05) is 30.3 Å². The Morgan fingerprint density at radius 2 is 1.77 bits per heavy atom. The molecule has 0 radical (unpaired) electrons. The molecule has 1 fully saturated rings. The highest BCUT2D eigenvalue weighted by molar-refractivity contribution is 9.10. The third-order valence-corrected chi connectivity index (χ3v) is 5.33. The van der Waals surface area contributed by atoms with Crippen LogP contribution in [0.2, 0.25) is 0 Å². The Balaban J connectivity index is 1.60. The molecule has 0 aromatic heterocycles. The third kappa shape index (κ3) is 3.93. The average Bonchev–Trinajstić information content (AvgIpc) is 2.68. The van der Waals surface area contributed by atoms with Gasteiger partial charge in [0.1, 0.15) is 6.29 Å². The number of halogens is 3. The molecule has 26 heavy (non-hydrogen) atoms. The van der Waals surface area contributed by atoms with Gasteiger partial charge in [-0.25, -0.2) is 8.78 Å². The molecule has 0 saturated carbocycles. The minimum atomic E-state index is -1.02. The molecule has 0 spiro atoms. The predicted molar refractivity (Wildman–Crippen MR) is 99.5 cm³/mol. The first-order valence-corrected chi connectivity index (χ1v) is 9.03. The van der Waals surface area contributed by atoms with Crippen LogP contribution >= 0.6 is 15.9 Å². The van der Waals surface area contributed by atoms with Crippen molar-refractivity contribution in [2.45, 2.75) is 12.8 Å². The van der Waals surface area contributed by atoms with E-state index in [-0.39, 0.29) is 22.0 Å². The molecule has 1 heterocycles. The zero-order valence-electron chi connectivity index (χ0n) is 13.8. The molecule has 1 saturated heterocycles. The SMILES string of the molecule is O=Cc1ccc(N2CCC(C(=O)Nc3ccc(F)c(F)c3Br)CC2)cc1. The second-order valence-corrected chi connectivity index (χ2v) is 6.98. The number of nitrogens with zero attached hydrogens (tertiary/aromatic N) is 1. The summed E-state index contributed by atoms with van der Waals surface area (Å²) < 4.78 is 26.7. The van der Waals surface area contributed by atoms with E-state index in [2.05, 4.69) is 26.1 Å². The number of hydrogen-bond acceptors (Lipinski definition) is 3. The highest BCUT2D eigenvalue weighted by atomic mass is 79.9. The Labute approximate surface area is 158 Å². The summed E-state index contributed by atoms with van der Waals surface area (Å²) in [5.74, 6) is -2.38. The predicted octanol–water partition coefficient (Wildman–Crippen LogP) is 4.39. The van der Waals surface area contributed by atoms with E-state index in [0.717, 1.165) is 18.0 Å². The number of carbonyl (C=O) groups excluding carboxylic acids is 2. The van der Waals surface area contributed by atoms with Gasteiger partial charge in [-0.15, -0.1) is 0 Å². The lowest BCUT2D eigenvalue weighted by Gasteiger charge is -2.33. The molecule has 0 unspecified atom stereocenters. The molecule has 0 aliphatic carbocycles. The first kappa shape index (κ1) is 18.5. The summed E-state index contributed by atoms with van der Waals surface area (Å²) in [7, 11) is 0. The highest BCUT2D eigenvalue weighted by Gasteiger charge is 2.26. The summed E-state index contributed by atoms with van der Waals surface area (Å²) in [6, 6.07) is 9.64. The number of anilines is 2. The highest BCUT2D eigenvalue weighted by Crippen LogP contribution is 2.29. The van der Waals surface area contributed by atoms with Crippen molar-refractivity contribution in [3.8, 4) is 0 Å². The lowest BCUT2D eigenvalue weighted by atomic mass is 9.95. The van der Waals surface area contributed by atoms with Crippen molar-refractivity contribution in [2.75, 3.05) is 23.3 Å². The van der Waals surface area contributed by atoms with E-state index in [4.69, 9.17) is 0 Å². The Morgan fingerprint density at radius 1 is 1.12 bits per heavy atom. The second kappa shape index (κ2) is 7.95. The zero-order chi connectivity index (χ0) is 18.7. The molecule has 1 N–H and O–H groups in total. The van der Waals surface area contributed by atoms with Crippen molar-refractivity contribution in [3.63, 3.8) is 0 Å². The van der Waals surface area contributed by atoms with E-state index < -0.39 is 11.6 Å². The monoisotopic (exact) mass is 422 g/mol. The molecule has 1 amide bonds. The summed E-state index contributed by atoms with van der Waals surface area (Å²) in [6.07, 6.45) is 2.11. The van der Waals surface area contributed by atoms with E-state index >= 15 is 0 Å². The largest absolute Gasteiger partial charge is 0.371 e. The van der Waals surface area contributed by atoms with Crippen LogP contribution in [0.1, 0.15) is 23.2 Å². The van der Waals surface area contributed by atoms with Crippen LogP contribution in [0, 0.1) is 17.6 Å². The average molecular weight is 423 g/mol. The quantitative estimate of drug-likeness (QED) is 0.586. The molecule has 1 aliphatic rings. The first-order chi connectivity index (χ1) is 12.5. The molecule has 0 bridgehead atoms. The molecule has 0 atom stereocenters. The van der Waals surface area contributed by atoms with E-state index in [1.807, 2.05) is 12.1 Å². The molecule has 2 aromatic carbocycles. The number of carbonyl (C=O) groups is 2. The van der Waals surface area contributed by atoms with Crippen LogP contribution in [0.3, 0.4) is 0 Å². The van der Waals surface area contributed by atoms with Gasteiger partial charge in [-0.05, 0) is 65.2 Å². The van der Waals surface area contributed by atoms with E-state index in [9.17, 15) is 18.4 Å². The van der Waals surface area contributed by atoms with Crippen molar-refractivity contribution in [3.05, 3.63) is 58.1 Å². The Bertz CT molecular complexity index is 819. The van der Waals surface area contributed by atoms with Crippen molar-refractivity contribution >= 4 is 39.5 Å². The van der Waals surface area contributed by atoms with Crippen molar-refractivity contribution < 1.29 is 18.4 Å². The second-order valence-electron chi connectivity index (χ2n) is 6.18. The maximum absolute atomic E-state index is 13.6. The van der Waals surface area contributed by atoms with Crippen LogP contribution in [-0.4, -0.2) is 25.3 Å². The molecular weight excluding hydrogens is 406 g/mol. The van der Waals surface area contributed by atoms with Gasteiger partial charge in [0.25, 0.3) is 0 Å². The van der Waals surface area contributed by atoms with Crippen LogP contribution in [0.15, 0.2) is 40.9 Å². The molecule has 136 valence electrons. The Kier molecular flexibility index (Phi) is 5.66. The molecule has 1 aliphatic heterocycles. The third-order valence-electron chi connectivity index (χ3n) is 4.55. The topological polar surface area (TPSA) is 49.4 Å². The fourth-order valence-electron chi connectivity index (χ4n) is 3.02. The summed E-state index contributed by atoms with van der Waals surface area (Å²) in [5, 5.41) is 2.67. The number of rotatable bonds is 4. The lowest BCUT2D eigenvalue weighted by molar-refractivity contribution is -0.120. The minimum absolute atomic E-state index is 0.0847. The van der Waals surface area contributed by atoms with Crippen LogP contribution in [0.5, 0.6) is 0 Å². The number of aldehydes is 1. The summed E-state index contributed by atoms with van der Waals surface area (Å²) in [5.41, 5.74) is 1.86. The van der Waals surface area contributed by atoms with Crippen LogP contribution in [0.4, 0.5) is 20.2 Å². The normalized spacial score (nSPS) is 15.0. The maximum atomic E-state index is 13.6. The number of benzene rings is 2. The van der Waals surface area contributed by atoms with Gasteiger partial charge in [0.2, 0.25) is 5.91 Å². The minimum Gasteiger partial charge on any atom is -0.371 e. The number of nitrogens with one attached hydrogen (secondary N) is 1. The van der Waals surface area contributed by atoms with Crippen molar-refractivity contribution in [1.29, 1.82) is 0 Å². The van der Waals surface area contributed by atoms with E-state index in [1.54, 1.807) is 12.1 Å². The summed E-state index contributed by atoms with van der Waals surface area (Å²) >= 11 is 2.97. The molecular formula is C19H17BrF2N2O2. The van der Waals surface area contributed by atoms with E-state index in [1.165, 1.54) is 6.07 Å². The van der Waals surface area contributed by atoms with Crippen LogP contribution in [0.25, 0.3) is 0 Å². The molecule has 2 aromatic rings. The first-order valence-electron chi connectivity index (χ1n) is 8.24. The van der Waals surface area contributed by atoms with Gasteiger partial charge >= 0.3 is 0 Å². The Hall–Kier alpha value is -2.28.